The Hall–Kier alpha value is -2.17. The molecule has 0 aliphatic carbocycles. The van der Waals surface area contributed by atoms with E-state index in [0.717, 1.165) is 19.3 Å². The number of hydrogen-bond acceptors (Lipinski definition) is 3. The molecule has 134 valence electrons. The van der Waals surface area contributed by atoms with Crippen LogP contribution in [-0.2, 0) is 6.42 Å². The van der Waals surface area contributed by atoms with E-state index in [9.17, 15) is 4.79 Å². The van der Waals surface area contributed by atoms with Crippen LogP contribution in [0.1, 0.15) is 41.2 Å². The normalized spacial score (nSPS) is 12.1. The molecule has 0 saturated heterocycles. The first-order chi connectivity index (χ1) is 12.6. The zero-order valence-corrected chi connectivity index (χ0v) is 15.7. The summed E-state index contributed by atoms with van der Waals surface area (Å²) in [5.74, 6) is -0.0335. The predicted molar refractivity (Wildman–Crippen MR) is 104 cm³/mol. The molecule has 1 heterocycles. The van der Waals surface area contributed by atoms with Crippen molar-refractivity contribution < 1.29 is 4.79 Å². The highest BCUT2D eigenvalue weighted by Crippen LogP contribution is 2.26. The van der Waals surface area contributed by atoms with E-state index in [1.54, 1.807) is 29.2 Å². The van der Waals surface area contributed by atoms with Crippen LogP contribution >= 0.6 is 23.2 Å². The van der Waals surface area contributed by atoms with Gasteiger partial charge < -0.3 is 0 Å². The van der Waals surface area contributed by atoms with Gasteiger partial charge in [0, 0.05) is 5.56 Å². The van der Waals surface area contributed by atoms with E-state index in [-0.39, 0.29) is 5.78 Å². The zero-order chi connectivity index (χ0) is 18.4. The van der Waals surface area contributed by atoms with Gasteiger partial charge in [0.25, 0.3) is 0 Å². The molecule has 26 heavy (non-hydrogen) atoms. The molecule has 0 N–H and O–H groups in total. The average Bonchev–Trinajstić information content (AvgIpc) is 3.19. The van der Waals surface area contributed by atoms with Gasteiger partial charge in [-0.3, -0.25) is 4.79 Å². The minimum absolute atomic E-state index is 0.0335. The Morgan fingerprint density at radius 2 is 1.85 bits per heavy atom. The Morgan fingerprint density at radius 1 is 1.04 bits per heavy atom. The fourth-order valence-electron chi connectivity index (χ4n) is 2.92. The molecule has 2 aromatic carbocycles. The van der Waals surface area contributed by atoms with Gasteiger partial charge in [0.2, 0.25) is 0 Å². The summed E-state index contributed by atoms with van der Waals surface area (Å²) in [7, 11) is 0. The number of benzene rings is 2. The molecule has 0 bridgehead atoms. The Bertz CT molecular complexity index is 851. The molecule has 1 unspecified atom stereocenters. The lowest BCUT2D eigenvalue weighted by atomic mass is 9.98. The number of unbranched alkanes of at least 4 members (excludes halogenated alkanes) is 1. The number of aromatic nitrogens is 3. The van der Waals surface area contributed by atoms with Crippen LogP contribution in [-0.4, -0.2) is 20.5 Å². The summed E-state index contributed by atoms with van der Waals surface area (Å²) < 4.78 is 1.62. The summed E-state index contributed by atoms with van der Waals surface area (Å²) in [6, 6.07) is 14.9. The number of carbonyl (C=O) groups excluding carboxylic acids is 1. The van der Waals surface area contributed by atoms with Gasteiger partial charge in [0.1, 0.15) is 18.7 Å². The van der Waals surface area contributed by atoms with Crippen molar-refractivity contribution in [2.24, 2.45) is 0 Å². The van der Waals surface area contributed by atoms with Crippen molar-refractivity contribution in [3.63, 3.8) is 0 Å². The van der Waals surface area contributed by atoms with Crippen LogP contribution in [0.3, 0.4) is 0 Å². The van der Waals surface area contributed by atoms with Crippen molar-refractivity contribution in [2.75, 3.05) is 0 Å². The number of rotatable bonds is 8. The maximum atomic E-state index is 13.0. The number of halogens is 2. The number of hydrogen-bond donors (Lipinski definition) is 0. The fourth-order valence-corrected chi connectivity index (χ4v) is 3.21. The van der Waals surface area contributed by atoms with E-state index in [0.29, 0.717) is 22.0 Å². The Labute approximate surface area is 162 Å². The predicted octanol–water partition coefficient (Wildman–Crippen LogP) is 5.42. The molecule has 3 rings (SSSR count). The third-order valence-electron chi connectivity index (χ3n) is 4.30. The SMILES string of the molecule is O=C(c1ccc(Cl)c(Cl)c1)C(CCCCc1ccccc1)n1cncn1. The molecule has 1 atom stereocenters. The molecule has 6 heteroatoms. The first-order valence-corrected chi connectivity index (χ1v) is 9.28. The van der Waals surface area contributed by atoms with Crippen molar-refractivity contribution in [3.8, 4) is 0 Å². The van der Waals surface area contributed by atoms with Crippen LogP contribution in [0.15, 0.2) is 61.2 Å². The largest absolute Gasteiger partial charge is 0.292 e. The standard InChI is InChI=1S/C20H19Cl2N3O/c21-17-11-10-16(12-18(17)22)20(26)19(25-14-23-13-24-25)9-5-4-8-15-6-2-1-3-7-15/h1-3,6-7,10-14,19H,4-5,8-9H2. The summed E-state index contributed by atoms with van der Waals surface area (Å²) in [5, 5.41) is 4.97. The van der Waals surface area contributed by atoms with Gasteiger partial charge in [-0.05, 0) is 43.0 Å². The molecule has 3 aromatic rings. The number of Topliss-reactive ketones (excluding diaryl/α,β-unsaturated/α-hetero) is 1. The lowest BCUT2D eigenvalue weighted by Gasteiger charge is -2.16. The van der Waals surface area contributed by atoms with Crippen LogP contribution in [0.25, 0.3) is 0 Å². The highest BCUT2D eigenvalue weighted by Gasteiger charge is 2.23. The number of ketones is 1. The minimum Gasteiger partial charge on any atom is -0.292 e. The molecule has 0 spiro atoms. The maximum absolute atomic E-state index is 13.0. The van der Waals surface area contributed by atoms with Gasteiger partial charge in [0.05, 0.1) is 10.0 Å². The summed E-state index contributed by atoms with van der Waals surface area (Å²) in [5.41, 5.74) is 1.84. The number of aryl methyl sites for hydroxylation is 1. The van der Waals surface area contributed by atoms with Gasteiger partial charge in [-0.2, -0.15) is 5.10 Å². The van der Waals surface area contributed by atoms with Gasteiger partial charge in [-0.1, -0.05) is 60.0 Å². The van der Waals surface area contributed by atoms with Crippen molar-refractivity contribution in [1.82, 2.24) is 14.8 Å². The second kappa shape index (κ2) is 8.97. The molecule has 1 aromatic heterocycles. The quantitative estimate of drug-likeness (QED) is 0.382. The topological polar surface area (TPSA) is 47.8 Å². The lowest BCUT2D eigenvalue weighted by Crippen LogP contribution is -2.20. The Morgan fingerprint density at radius 3 is 2.54 bits per heavy atom. The van der Waals surface area contributed by atoms with Crippen molar-refractivity contribution in [2.45, 2.75) is 31.7 Å². The second-order valence-corrected chi connectivity index (χ2v) is 6.93. The van der Waals surface area contributed by atoms with E-state index in [1.807, 2.05) is 18.2 Å². The summed E-state index contributed by atoms with van der Waals surface area (Å²) >= 11 is 12.0. The summed E-state index contributed by atoms with van der Waals surface area (Å²) in [6.45, 7) is 0. The van der Waals surface area contributed by atoms with Crippen LogP contribution in [0.5, 0.6) is 0 Å². The molecule has 0 amide bonds. The van der Waals surface area contributed by atoms with Crippen molar-refractivity contribution in [1.29, 1.82) is 0 Å². The van der Waals surface area contributed by atoms with E-state index >= 15 is 0 Å². The summed E-state index contributed by atoms with van der Waals surface area (Å²) in [4.78, 5) is 17.0. The van der Waals surface area contributed by atoms with Gasteiger partial charge >= 0.3 is 0 Å². The second-order valence-electron chi connectivity index (χ2n) is 6.12. The third kappa shape index (κ3) is 4.71. The van der Waals surface area contributed by atoms with Crippen LogP contribution < -0.4 is 0 Å². The van der Waals surface area contributed by atoms with Crippen molar-refractivity contribution in [3.05, 3.63) is 82.4 Å². The number of nitrogens with zero attached hydrogens (tertiary/aromatic N) is 3. The molecular weight excluding hydrogens is 369 g/mol. The van der Waals surface area contributed by atoms with Gasteiger partial charge in [-0.25, -0.2) is 9.67 Å². The molecule has 0 fully saturated rings. The fraction of sp³-hybridized carbons (Fsp3) is 0.250. The highest BCUT2D eigenvalue weighted by molar-refractivity contribution is 6.42. The molecule has 0 saturated carbocycles. The maximum Gasteiger partial charge on any atom is 0.187 e. The Balaban J connectivity index is 1.67. The van der Waals surface area contributed by atoms with E-state index in [4.69, 9.17) is 23.2 Å². The molecule has 4 nitrogen and oxygen atoms in total. The van der Waals surface area contributed by atoms with Crippen LogP contribution in [0, 0.1) is 0 Å². The number of carbonyl (C=O) groups is 1. The lowest BCUT2D eigenvalue weighted by molar-refractivity contribution is 0.0908. The first kappa shape index (κ1) is 18.6. The highest BCUT2D eigenvalue weighted by atomic mass is 35.5. The molecular formula is C20H19Cl2N3O. The minimum atomic E-state index is -0.398. The van der Waals surface area contributed by atoms with Crippen molar-refractivity contribution >= 4 is 29.0 Å². The van der Waals surface area contributed by atoms with E-state index in [1.165, 1.54) is 11.9 Å². The van der Waals surface area contributed by atoms with E-state index in [2.05, 4.69) is 22.2 Å². The zero-order valence-electron chi connectivity index (χ0n) is 14.2. The van der Waals surface area contributed by atoms with Crippen LogP contribution in [0.2, 0.25) is 10.0 Å². The Kier molecular flexibility index (Phi) is 6.42. The average molecular weight is 388 g/mol. The monoisotopic (exact) mass is 387 g/mol. The molecule has 0 aliphatic heterocycles. The third-order valence-corrected chi connectivity index (χ3v) is 5.04. The first-order valence-electron chi connectivity index (χ1n) is 8.52. The smallest absolute Gasteiger partial charge is 0.187 e. The summed E-state index contributed by atoms with van der Waals surface area (Å²) in [6.07, 6.45) is 6.62. The van der Waals surface area contributed by atoms with Crippen LogP contribution in [0.4, 0.5) is 0 Å². The molecule has 0 aliphatic rings. The van der Waals surface area contributed by atoms with E-state index < -0.39 is 6.04 Å². The molecule has 0 radical (unpaired) electrons. The van der Waals surface area contributed by atoms with Gasteiger partial charge in [0.15, 0.2) is 5.78 Å². The van der Waals surface area contributed by atoms with Gasteiger partial charge in [-0.15, -0.1) is 0 Å².